The zero-order chi connectivity index (χ0) is 10.7. The molecule has 2 rings (SSSR count). The van der Waals surface area contributed by atoms with Gasteiger partial charge in [0.25, 0.3) is 5.56 Å². The Labute approximate surface area is 87.2 Å². The van der Waals surface area contributed by atoms with Gasteiger partial charge in [0.15, 0.2) is 0 Å². The van der Waals surface area contributed by atoms with Crippen LogP contribution in [-0.4, -0.2) is 21.5 Å². The van der Waals surface area contributed by atoms with Crippen molar-refractivity contribution in [1.82, 2.24) is 4.57 Å². The Morgan fingerprint density at radius 2 is 2.40 bits per heavy atom. The smallest absolute Gasteiger partial charge is 0.250 e. The lowest BCUT2D eigenvalue weighted by Gasteiger charge is -2.25. The van der Waals surface area contributed by atoms with Gasteiger partial charge >= 0.3 is 0 Å². The Bertz CT molecular complexity index is 462. The third-order valence-corrected chi connectivity index (χ3v) is 2.36. The van der Waals surface area contributed by atoms with E-state index in [1.54, 1.807) is 36.8 Å². The van der Waals surface area contributed by atoms with E-state index in [-0.39, 0.29) is 12.1 Å². The third kappa shape index (κ3) is 2.22. The lowest BCUT2D eigenvalue weighted by atomic mass is 9.99. The zero-order valence-corrected chi connectivity index (χ0v) is 8.21. The summed E-state index contributed by atoms with van der Waals surface area (Å²) in [6, 6.07) is 4.93. The van der Waals surface area contributed by atoms with Crippen LogP contribution in [0, 0.1) is 0 Å². The van der Waals surface area contributed by atoms with Crippen molar-refractivity contribution in [2.75, 3.05) is 0 Å². The molecule has 1 aromatic heterocycles. The summed E-state index contributed by atoms with van der Waals surface area (Å²) >= 11 is 0. The summed E-state index contributed by atoms with van der Waals surface area (Å²) in [5, 5.41) is 10.1. The fourth-order valence-electron chi connectivity index (χ4n) is 1.52. The van der Waals surface area contributed by atoms with Crippen molar-refractivity contribution in [3.63, 3.8) is 0 Å². The van der Waals surface area contributed by atoms with Crippen molar-refractivity contribution in [3.05, 3.63) is 47.0 Å². The number of aliphatic imine (C=N–C) groups is 1. The summed E-state index contributed by atoms with van der Waals surface area (Å²) in [7, 11) is 0. The lowest BCUT2D eigenvalue weighted by molar-refractivity contribution is 0.0780. The minimum absolute atomic E-state index is 0.109. The number of pyridine rings is 1. The van der Waals surface area contributed by atoms with Crippen molar-refractivity contribution < 1.29 is 5.11 Å². The average Bonchev–Trinajstić information content (AvgIpc) is 2.22. The molecule has 4 heteroatoms. The predicted octanol–water partition coefficient (Wildman–Crippen LogP) is 0.568. The molecule has 4 nitrogen and oxygen atoms in total. The summed E-state index contributed by atoms with van der Waals surface area (Å²) in [6.45, 7) is 0.259. The highest BCUT2D eigenvalue weighted by atomic mass is 16.3. The van der Waals surface area contributed by atoms with Crippen LogP contribution in [0.2, 0.25) is 0 Å². The number of hydrogen-bond donors (Lipinski definition) is 1. The fraction of sp³-hybridized carbons (Fsp3) is 0.273. The minimum atomic E-state index is -0.993. The van der Waals surface area contributed by atoms with Crippen LogP contribution in [0.5, 0.6) is 0 Å². The molecule has 2 heterocycles. The third-order valence-electron chi connectivity index (χ3n) is 2.36. The average molecular weight is 204 g/mol. The number of hydrogen-bond acceptors (Lipinski definition) is 3. The second-order valence-electron chi connectivity index (χ2n) is 3.62. The molecule has 1 N–H and O–H groups in total. The maximum atomic E-state index is 11.4. The molecule has 1 atom stereocenters. The Hall–Kier alpha value is -1.68. The van der Waals surface area contributed by atoms with Crippen molar-refractivity contribution >= 4 is 6.21 Å². The number of nitrogens with zero attached hydrogens (tertiary/aromatic N) is 2. The molecule has 0 saturated heterocycles. The molecule has 1 unspecified atom stereocenters. The van der Waals surface area contributed by atoms with Crippen LogP contribution >= 0.6 is 0 Å². The van der Waals surface area contributed by atoms with E-state index in [1.807, 2.05) is 0 Å². The van der Waals surface area contributed by atoms with E-state index in [4.69, 9.17) is 0 Å². The molecule has 0 spiro atoms. The lowest BCUT2D eigenvalue weighted by Crippen LogP contribution is -2.37. The molecular weight excluding hydrogens is 192 g/mol. The predicted molar refractivity (Wildman–Crippen MR) is 57.9 cm³/mol. The van der Waals surface area contributed by atoms with Crippen LogP contribution in [0.4, 0.5) is 0 Å². The molecular formula is C11H12N2O2. The van der Waals surface area contributed by atoms with Crippen LogP contribution in [-0.2, 0) is 6.54 Å². The topological polar surface area (TPSA) is 54.6 Å². The van der Waals surface area contributed by atoms with Crippen LogP contribution in [0.3, 0.4) is 0 Å². The molecule has 0 saturated carbocycles. The highest BCUT2D eigenvalue weighted by Crippen LogP contribution is 2.16. The Morgan fingerprint density at radius 3 is 3.07 bits per heavy atom. The molecule has 1 aliphatic rings. The largest absolute Gasteiger partial charge is 0.383 e. The monoisotopic (exact) mass is 204 g/mol. The second-order valence-corrected chi connectivity index (χ2v) is 3.62. The van der Waals surface area contributed by atoms with Gasteiger partial charge in [-0.15, -0.1) is 0 Å². The Morgan fingerprint density at radius 1 is 1.53 bits per heavy atom. The fourth-order valence-corrected chi connectivity index (χ4v) is 1.52. The van der Waals surface area contributed by atoms with Crippen LogP contribution < -0.4 is 5.56 Å². The van der Waals surface area contributed by atoms with E-state index in [2.05, 4.69) is 4.99 Å². The summed E-state index contributed by atoms with van der Waals surface area (Å²) in [5.74, 6) is 0. The molecule has 15 heavy (non-hydrogen) atoms. The first-order chi connectivity index (χ1) is 7.20. The van der Waals surface area contributed by atoms with Gasteiger partial charge in [-0.1, -0.05) is 6.07 Å². The molecule has 78 valence electrons. The summed E-state index contributed by atoms with van der Waals surface area (Å²) in [4.78, 5) is 15.3. The van der Waals surface area contributed by atoms with Gasteiger partial charge in [0.1, 0.15) is 5.60 Å². The first-order valence-corrected chi connectivity index (χ1v) is 4.77. The SMILES string of the molecule is O=c1ccccn1CC1(O)C=CN=CC1. The summed E-state index contributed by atoms with van der Waals surface area (Å²) < 4.78 is 1.49. The van der Waals surface area contributed by atoms with Crippen molar-refractivity contribution in [3.8, 4) is 0 Å². The van der Waals surface area contributed by atoms with Gasteiger partial charge in [0.05, 0.1) is 6.54 Å². The molecule has 0 aliphatic carbocycles. The van der Waals surface area contributed by atoms with Crippen molar-refractivity contribution in [2.24, 2.45) is 4.99 Å². The first-order valence-electron chi connectivity index (χ1n) is 4.77. The molecule has 1 aliphatic heterocycles. The Balaban J connectivity index is 2.22. The summed E-state index contributed by atoms with van der Waals surface area (Å²) in [6.07, 6.45) is 6.92. The molecule has 1 aromatic rings. The standard InChI is InChI=1S/C11H12N2O2/c14-10-3-1-2-8-13(10)9-11(15)4-6-12-7-5-11/h1-4,6-8,15H,5,9H2. The number of rotatable bonds is 2. The van der Waals surface area contributed by atoms with E-state index in [0.29, 0.717) is 6.42 Å². The van der Waals surface area contributed by atoms with Crippen LogP contribution in [0.25, 0.3) is 0 Å². The normalized spacial score (nSPS) is 24.3. The zero-order valence-electron chi connectivity index (χ0n) is 8.21. The van der Waals surface area contributed by atoms with Gasteiger partial charge < -0.3 is 9.67 Å². The first kappa shape index (κ1) is 9.86. The number of aromatic nitrogens is 1. The molecule has 0 amide bonds. The van der Waals surface area contributed by atoms with E-state index < -0.39 is 5.60 Å². The number of aliphatic hydroxyl groups is 1. The van der Waals surface area contributed by atoms with Gasteiger partial charge in [-0.05, 0) is 12.1 Å². The second kappa shape index (κ2) is 3.82. The van der Waals surface area contributed by atoms with Gasteiger partial charge in [-0.2, -0.15) is 0 Å². The van der Waals surface area contributed by atoms with Crippen molar-refractivity contribution in [2.45, 2.75) is 18.6 Å². The highest BCUT2D eigenvalue weighted by molar-refractivity contribution is 5.61. The maximum Gasteiger partial charge on any atom is 0.250 e. The highest BCUT2D eigenvalue weighted by Gasteiger charge is 2.24. The van der Waals surface area contributed by atoms with Crippen LogP contribution in [0.1, 0.15) is 6.42 Å². The van der Waals surface area contributed by atoms with Gasteiger partial charge in [0, 0.05) is 31.1 Å². The van der Waals surface area contributed by atoms with E-state index >= 15 is 0 Å². The quantitative estimate of drug-likeness (QED) is 0.765. The summed E-state index contributed by atoms with van der Waals surface area (Å²) in [5.41, 5.74) is -1.10. The molecule has 0 aromatic carbocycles. The van der Waals surface area contributed by atoms with Gasteiger partial charge in [-0.25, -0.2) is 0 Å². The van der Waals surface area contributed by atoms with E-state index in [9.17, 15) is 9.90 Å². The van der Waals surface area contributed by atoms with E-state index in [0.717, 1.165) is 0 Å². The van der Waals surface area contributed by atoms with E-state index in [1.165, 1.54) is 10.6 Å². The minimum Gasteiger partial charge on any atom is -0.383 e. The molecule has 0 radical (unpaired) electrons. The maximum absolute atomic E-state index is 11.4. The van der Waals surface area contributed by atoms with Crippen molar-refractivity contribution in [1.29, 1.82) is 0 Å². The van der Waals surface area contributed by atoms with Gasteiger partial charge in [-0.3, -0.25) is 9.79 Å². The van der Waals surface area contributed by atoms with Gasteiger partial charge in [0.2, 0.25) is 0 Å². The van der Waals surface area contributed by atoms with Crippen LogP contribution in [0.15, 0.2) is 46.5 Å². The Kier molecular flexibility index (Phi) is 2.51. The molecule has 0 fully saturated rings. The molecule has 0 bridgehead atoms.